The SMILES string of the molecule is Cc1ccc(NC(=O)N/C=C/c2cccc(F)c2)cc1. The molecule has 0 bridgehead atoms. The van der Waals surface area contributed by atoms with E-state index < -0.39 is 0 Å². The zero-order valence-electron chi connectivity index (χ0n) is 11.1. The van der Waals surface area contributed by atoms with E-state index in [9.17, 15) is 9.18 Å². The second kappa shape index (κ2) is 6.52. The Hall–Kier alpha value is -2.62. The van der Waals surface area contributed by atoms with Gasteiger partial charge in [-0.05, 0) is 42.8 Å². The van der Waals surface area contributed by atoms with Gasteiger partial charge in [0.15, 0.2) is 0 Å². The van der Waals surface area contributed by atoms with Gasteiger partial charge in [-0.1, -0.05) is 29.8 Å². The summed E-state index contributed by atoms with van der Waals surface area (Å²) < 4.78 is 12.9. The van der Waals surface area contributed by atoms with Crippen LogP contribution in [0.15, 0.2) is 54.7 Å². The van der Waals surface area contributed by atoms with E-state index >= 15 is 0 Å². The number of anilines is 1. The molecule has 2 aromatic rings. The molecule has 0 atom stereocenters. The van der Waals surface area contributed by atoms with Crippen LogP contribution in [0.3, 0.4) is 0 Å². The minimum absolute atomic E-state index is 0.309. The minimum atomic E-state index is -0.346. The van der Waals surface area contributed by atoms with Gasteiger partial charge >= 0.3 is 6.03 Å². The highest BCUT2D eigenvalue weighted by Gasteiger charge is 1.98. The number of amides is 2. The van der Waals surface area contributed by atoms with Crippen LogP contribution in [0.1, 0.15) is 11.1 Å². The number of hydrogen-bond acceptors (Lipinski definition) is 1. The van der Waals surface area contributed by atoms with Gasteiger partial charge in [0.05, 0.1) is 0 Å². The molecule has 4 heteroatoms. The minimum Gasteiger partial charge on any atom is -0.314 e. The Morgan fingerprint density at radius 1 is 1.15 bits per heavy atom. The highest BCUT2D eigenvalue weighted by atomic mass is 19.1. The van der Waals surface area contributed by atoms with Gasteiger partial charge in [-0.3, -0.25) is 0 Å². The molecule has 0 saturated carbocycles. The number of hydrogen-bond donors (Lipinski definition) is 2. The van der Waals surface area contributed by atoms with Crippen molar-refractivity contribution in [3.8, 4) is 0 Å². The van der Waals surface area contributed by atoms with Gasteiger partial charge in [0.25, 0.3) is 0 Å². The van der Waals surface area contributed by atoms with Crippen LogP contribution in [0.25, 0.3) is 6.08 Å². The maximum atomic E-state index is 12.9. The lowest BCUT2D eigenvalue weighted by Gasteiger charge is -2.04. The topological polar surface area (TPSA) is 41.1 Å². The Morgan fingerprint density at radius 3 is 2.60 bits per heavy atom. The highest BCUT2D eigenvalue weighted by Crippen LogP contribution is 2.08. The normalized spacial score (nSPS) is 10.5. The summed E-state index contributed by atoms with van der Waals surface area (Å²) in [5.74, 6) is -0.309. The van der Waals surface area contributed by atoms with Crippen molar-refractivity contribution in [1.82, 2.24) is 5.32 Å². The fourth-order valence-corrected chi connectivity index (χ4v) is 1.63. The van der Waals surface area contributed by atoms with E-state index in [1.54, 1.807) is 18.2 Å². The van der Waals surface area contributed by atoms with Crippen LogP contribution in [0.2, 0.25) is 0 Å². The van der Waals surface area contributed by atoms with E-state index in [1.807, 2.05) is 31.2 Å². The van der Waals surface area contributed by atoms with Gasteiger partial charge < -0.3 is 10.6 Å². The van der Waals surface area contributed by atoms with E-state index in [4.69, 9.17) is 0 Å². The van der Waals surface area contributed by atoms with Gasteiger partial charge in [-0.25, -0.2) is 9.18 Å². The van der Waals surface area contributed by atoms with Crippen molar-refractivity contribution >= 4 is 17.8 Å². The van der Waals surface area contributed by atoms with Gasteiger partial charge in [0.2, 0.25) is 0 Å². The quantitative estimate of drug-likeness (QED) is 0.871. The third kappa shape index (κ3) is 4.24. The molecule has 102 valence electrons. The summed E-state index contributed by atoms with van der Waals surface area (Å²) in [6.45, 7) is 1.98. The smallest absolute Gasteiger partial charge is 0.314 e. The van der Waals surface area contributed by atoms with Crippen LogP contribution >= 0.6 is 0 Å². The first-order valence-corrected chi connectivity index (χ1v) is 6.20. The van der Waals surface area contributed by atoms with E-state index in [0.29, 0.717) is 11.3 Å². The van der Waals surface area contributed by atoms with Crippen molar-refractivity contribution in [2.45, 2.75) is 6.92 Å². The summed E-state index contributed by atoms with van der Waals surface area (Å²) in [5.41, 5.74) is 2.52. The zero-order chi connectivity index (χ0) is 14.4. The van der Waals surface area contributed by atoms with Crippen LogP contribution in [-0.2, 0) is 0 Å². The molecule has 0 heterocycles. The molecule has 0 aliphatic heterocycles. The fraction of sp³-hybridized carbons (Fsp3) is 0.0625. The van der Waals surface area contributed by atoms with Crippen LogP contribution in [0, 0.1) is 12.7 Å². The molecule has 3 nitrogen and oxygen atoms in total. The molecule has 0 radical (unpaired) electrons. The van der Waals surface area contributed by atoms with Gasteiger partial charge in [0, 0.05) is 11.9 Å². The largest absolute Gasteiger partial charge is 0.323 e. The number of carbonyl (C=O) groups is 1. The summed E-state index contributed by atoms with van der Waals surface area (Å²) in [6.07, 6.45) is 3.09. The van der Waals surface area contributed by atoms with E-state index in [1.165, 1.54) is 18.3 Å². The van der Waals surface area contributed by atoms with Crippen molar-refractivity contribution in [2.24, 2.45) is 0 Å². The number of halogens is 1. The number of carbonyl (C=O) groups excluding carboxylic acids is 1. The summed E-state index contributed by atoms with van der Waals surface area (Å²) in [4.78, 5) is 11.6. The lowest BCUT2D eigenvalue weighted by molar-refractivity contribution is 0.255. The Morgan fingerprint density at radius 2 is 1.90 bits per heavy atom. The van der Waals surface area contributed by atoms with Crippen LogP contribution in [0.5, 0.6) is 0 Å². The summed E-state index contributed by atoms with van der Waals surface area (Å²) >= 11 is 0. The molecule has 2 amide bonds. The molecular formula is C16H15FN2O. The molecule has 0 unspecified atom stereocenters. The summed E-state index contributed by atoms with van der Waals surface area (Å²) in [7, 11) is 0. The average molecular weight is 270 g/mol. The van der Waals surface area contributed by atoms with E-state index in [2.05, 4.69) is 10.6 Å². The third-order valence-electron chi connectivity index (χ3n) is 2.65. The standard InChI is InChI=1S/C16H15FN2O/c1-12-5-7-15(8-6-12)19-16(20)18-10-9-13-3-2-4-14(17)11-13/h2-11H,1H3,(H2,18,19,20)/b10-9+. The molecule has 0 spiro atoms. The zero-order valence-corrected chi connectivity index (χ0v) is 11.1. The molecule has 2 N–H and O–H groups in total. The first kappa shape index (κ1) is 13.8. The predicted octanol–water partition coefficient (Wildman–Crippen LogP) is 3.93. The average Bonchev–Trinajstić information content (AvgIpc) is 2.41. The van der Waals surface area contributed by atoms with Crippen LogP contribution < -0.4 is 10.6 Å². The number of aryl methyl sites for hydroxylation is 1. The summed E-state index contributed by atoms with van der Waals surface area (Å²) in [6, 6.07) is 13.2. The molecular weight excluding hydrogens is 255 g/mol. The third-order valence-corrected chi connectivity index (χ3v) is 2.65. The molecule has 2 rings (SSSR count). The van der Waals surface area contributed by atoms with Crippen LogP contribution in [0.4, 0.5) is 14.9 Å². The first-order valence-electron chi connectivity index (χ1n) is 6.20. The number of nitrogens with one attached hydrogen (secondary N) is 2. The first-order chi connectivity index (χ1) is 9.63. The molecule has 20 heavy (non-hydrogen) atoms. The molecule has 0 aliphatic carbocycles. The van der Waals surface area contributed by atoms with Crippen molar-refractivity contribution in [3.05, 3.63) is 71.7 Å². The highest BCUT2D eigenvalue weighted by molar-refractivity contribution is 5.90. The maximum absolute atomic E-state index is 12.9. The Balaban J connectivity index is 1.87. The molecule has 0 aliphatic rings. The van der Waals surface area contributed by atoms with Crippen molar-refractivity contribution in [2.75, 3.05) is 5.32 Å². The van der Waals surface area contributed by atoms with Gasteiger partial charge in [-0.2, -0.15) is 0 Å². The van der Waals surface area contributed by atoms with Gasteiger partial charge in [-0.15, -0.1) is 0 Å². The van der Waals surface area contributed by atoms with E-state index in [0.717, 1.165) is 5.56 Å². The Kier molecular flexibility index (Phi) is 4.50. The Bertz CT molecular complexity index is 621. The second-order valence-corrected chi connectivity index (χ2v) is 4.35. The lowest BCUT2D eigenvalue weighted by Crippen LogP contribution is -2.23. The number of urea groups is 1. The van der Waals surface area contributed by atoms with Crippen LogP contribution in [-0.4, -0.2) is 6.03 Å². The maximum Gasteiger partial charge on any atom is 0.323 e. The predicted molar refractivity (Wildman–Crippen MR) is 78.8 cm³/mol. The number of rotatable bonds is 3. The van der Waals surface area contributed by atoms with E-state index in [-0.39, 0.29) is 11.8 Å². The molecule has 0 saturated heterocycles. The molecule has 0 aromatic heterocycles. The Labute approximate surface area is 117 Å². The van der Waals surface area contributed by atoms with Crippen molar-refractivity contribution in [1.29, 1.82) is 0 Å². The fourth-order valence-electron chi connectivity index (χ4n) is 1.63. The lowest BCUT2D eigenvalue weighted by atomic mass is 10.2. The molecule has 2 aromatic carbocycles. The second-order valence-electron chi connectivity index (χ2n) is 4.35. The van der Waals surface area contributed by atoms with Gasteiger partial charge in [0.1, 0.15) is 5.82 Å². The summed E-state index contributed by atoms with van der Waals surface area (Å²) in [5, 5.41) is 5.25. The van der Waals surface area contributed by atoms with Crippen molar-refractivity contribution < 1.29 is 9.18 Å². The number of benzene rings is 2. The van der Waals surface area contributed by atoms with Crippen molar-refractivity contribution in [3.63, 3.8) is 0 Å². The molecule has 0 fully saturated rings. The monoisotopic (exact) mass is 270 g/mol.